The number of hydrogen-bond acceptors (Lipinski definition) is 6. The molecule has 158 valence electrons. The third-order valence-corrected chi connectivity index (χ3v) is 7.59. The van der Waals surface area contributed by atoms with Crippen LogP contribution >= 0.6 is 0 Å². The first kappa shape index (κ1) is 20.1. The van der Waals surface area contributed by atoms with E-state index in [4.69, 9.17) is 9.47 Å². The monoisotopic (exact) mass is 423 g/mol. The number of amides is 2. The first-order valence-corrected chi connectivity index (χ1v) is 11.2. The maximum atomic E-state index is 13.3. The Morgan fingerprint density at radius 2 is 1.97 bits per heavy atom. The molecule has 2 amide bonds. The fourth-order valence-electron chi connectivity index (χ4n) is 4.04. The number of anilines is 1. The molecule has 1 aromatic carbocycles. The van der Waals surface area contributed by atoms with Crippen molar-refractivity contribution in [1.29, 1.82) is 0 Å². The zero-order valence-electron chi connectivity index (χ0n) is 16.3. The largest absolute Gasteiger partial charge is 0.482 e. The summed E-state index contributed by atoms with van der Waals surface area (Å²) in [6, 6.07) is 3.08. The van der Waals surface area contributed by atoms with Gasteiger partial charge in [-0.05, 0) is 31.4 Å². The van der Waals surface area contributed by atoms with Crippen molar-refractivity contribution in [2.45, 2.75) is 24.7 Å². The number of rotatable bonds is 3. The number of carbonyl (C=O) groups excluding carboxylic acids is 2. The second kappa shape index (κ2) is 7.92. The van der Waals surface area contributed by atoms with Crippen molar-refractivity contribution in [3.63, 3.8) is 0 Å². The first-order chi connectivity index (χ1) is 13.9. The second-order valence-corrected chi connectivity index (χ2v) is 9.50. The zero-order valence-corrected chi connectivity index (χ0v) is 17.2. The number of morpholine rings is 1. The predicted octanol–water partition coefficient (Wildman–Crippen LogP) is 0.585. The Balaban J connectivity index is 1.55. The van der Waals surface area contributed by atoms with E-state index in [2.05, 4.69) is 5.32 Å². The summed E-state index contributed by atoms with van der Waals surface area (Å²) in [5.74, 6) is -0.272. The summed E-state index contributed by atoms with van der Waals surface area (Å²) in [6.45, 7) is 4.24. The van der Waals surface area contributed by atoms with Crippen molar-refractivity contribution in [2.75, 3.05) is 51.3 Å². The molecule has 0 aromatic heterocycles. The highest BCUT2D eigenvalue weighted by atomic mass is 32.2. The van der Waals surface area contributed by atoms with Crippen LogP contribution in [0.15, 0.2) is 17.0 Å². The molecule has 1 N–H and O–H groups in total. The Hall–Kier alpha value is -2.17. The fourth-order valence-corrected chi connectivity index (χ4v) is 5.78. The molecule has 0 radical (unpaired) electrons. The molecule has 9 nitrogen and oxygen atoms in total. The maximum absolute atomic E-state index is 13.3. The minimum Gasteiger partial charge on any atom is -0.482 e. The summed E-state index contributed by atoms with van der Waals surface area (Å²) in [5.41, 5.74) is 0.993. The van der Waals surface area contributed by atoms with Gasteiger partial charge in [-0.2, -0.15) is 4.31 Å². The van der Waals surface area contributed by atoms with E-state index in [0.29, 0.717) is 62.7 Å². The molecule has 3 heterocycles. The van der Waals surface area contributed by atoms with Crippen molar-refractivity contribution >= 4 is 27.5 Å². The van der Waals surface area contributed by atoms with Crippen LogP contribution < -0.4 is 10.1 Å². The van der Waals surface area contributed by atoms with E-state index in [0.717, 1.165) is 0 Å². The van der Waals surface area contributed by atoms with Gasteiger partial charge < -0.3 is 19.7 Å². The lowest BCUT2D eigenvalue weighted by atomic mass is 9.98. The fraction of sp³-hybridized carbons (Fsp3) is 0.579. The Morgan fingerprint density at radius 1 is 1.21 bits per heavy atom. The highest BCUT2D eigenvalue weighted by molar-refractivity contribution is 7.89. The van der Waals surface area contributed by atoms with Gasteiger partial charge >= 0.3 is 0 Å². The van der Waals surface area contributed by atoms with Crippen molar-refractivity contribution in [1.82, 2.24) is 9.21 Å². The predicted molar refractivity (Wildman–Crippen MR) is 104 cm³/mol. The number of nitrogens with one attached hydrogen (secondary N) is 1. The van der Waals surface area contributed by atoms with Gasteiger partial charge in [-0.3, -0.25) is 9.59 Å². The molecule has 1 atom stereocenters. The van der Waals surface area contributed by atoms with Crippen LogP contribution in [0.25, 0.3) is 0 Å². The Bertz CT molecular complexity index is 926. The van der Waals surface area contributed by atoms with E-state index in [1.54, 1.807) is 17.9 Å². The van der Waals surface area contributed by atoms with Gasteiger partial charge in [-0.15, -0.1) is 0 Å². The van der Waals surface area contributed by atoms with Crippen LogP contribution in [0.1, 0.15) is 18.4 Å². The summed E-state index contributed by atoms with van der Waals surface area (Å²) in [7, 11) is -3.79. The number of sulfonamides is 1. The van der Waals surface area contributed by atoms with Gasteiger partial charge in [0.05, 0.1) is 29.7 Å². The van der Waals surface area contributed by atoms with Gasteiger partial charge in [0.25, 0.3) is 5.91 Å². The lowest BCUT2D eigenvalue weighted by molar-refractivity contribution is -0.140. The van der Waals surface area contributed by atoms with Gasteiger partial charge in [-0.25, -0.2) is 8.42 Å². The summed E-state index contributed by atoms with van der Waals surface area (Å²) in [4.78, 5) is 26.2. The minimum absolute atomic E-state index is 0.00130. The zero-order chi connectivity index (χ0) is 20.6. The van der Waals surface area contributed by atoms with Crippen molar-refractivity contribution in [3.8, 4) is 5.75 Å². The smallest absolute Gasteiger partial charge is 0.262 e. The molecule has 29 heavy (non-hydrogen) atoms. The van der Waals surface area contributed by atoms with E-state index in [1.807, 2.05) is 0 Å². The number of nitrogens with zero attached hydrogens (tertiary/aromatic N) is 2. The molecule has 3 aliphatic rings. The molecule has 1 aromatic rings. The molecule has 0 spiro atoms. The van der Waals surface area contributed by atoms with Crippen LogP contribution in [0.5, 0.6) is 5.75 Å². The third kappa shape index (κ3) is 3.96. The number of aryl methyl sites for hydroxylation is 1. The third-order valence-electron chi connectivity index (χ3n) is 5.58. The molecule has 0 bridgehead atoms. The number of hydrogen-bond donors (Lipinski definition) is 1. The van der Waals surface area contributed by atoms with E-state index in [-0.39, 0.29) is 35.8 Å². The lowest BCUT2D eigenvalue weighted by Crippen LogP contribution is -2.49. The van der Waals surface area contributed by atoms with Gasteiger partial charge in [0.2, 0.25) is 15.9 Å². The number of fused-ring (bicyclic) bond motifs is 1. The van der Waals surface area contributed by atoms with Crippen LogP contribution in [-0.2, 0) is 24.3 Å². The molecule has 0 saturated carbocycles. The van der Waals surface area contributed by atoms with E-state index in [1.165, 1.54) is 10.4 Å². The molecule has 2 fully saturated rings. The van der Waals surface area contributed by atoms with Crippen LogP contribution in [0.2, 0.25) is 0 Å². The standard InChI is InChI=1S/C19H25N3O6S/c1-13-9-15-16(28-12-18(23)20-15)10-17(13)29(25,26)22-4-2-3-14(11-22)19(24)21-5-7-27-8-6-21/h9-10,14H,2-8,11-12H2,1H3,(H,20,23). The quantitative estimate of drug-likeness (QED) is 0.763. The van der Waals surface area contributed by atoms with E-state index >= 15 is 0 Å². The molecule has 4 rings (SSSR count). The normalized spacial score (nSPS) is 23.1. The molecule has 2 saturated heterocycles. The topological polar surface area (TPSA) is 105 Å². The van der Waals surface area contributed by atoms with Crippen molar-refractivity contribution < 1.29 is 27.5 Å². The number of carbonyl (C=O) groups is 2. The van der Waals surface area contributed by atoms with Crippen LogP contribution in [0.4, 0.5) is 5.69 Å². The van der Waals surface area contributed by atoms with Crippen LogP contribution in [0, 0.1) is 12.8 Å². The van der Waals surface area contributed by atoms with Gasteiger partial charge in [0.15, 0.2) is 6.61 Å². The SMILES string of the molecule is Cc1cc2c(cc1S(=O)(=O)N1CCCC(C(=O)N3CCOCC3)C1)OCC(=O)N2. The number of piperidine rings is 1. The molecular formula is C19H25N3O6S. The summed E-state index contributed by atoms with van der Waals surface area (Å²) >= 11 is 0. The van der Waals surface area contributed by atoms with Gasteiger partial charge in [0, 0.05) is 32.2 Å². The minimum atomic E-state index is -3.79. The number of ether oxygens (including phenoxy) is 2. The number of benzene rings is 1. The van der Waals surface area contributed by atoms with Crippen LogP contribution in [-0.4, -0.2) is 75.4 Å². The van der Waals surface area contributed by atoms with Crippen LogP contribution in [0.3, 0.4) is 0 Å². The summed E-state index contributed by atoms with van der Waals surface area (Å²) in [5, 5.41) is 2.68. The Morgan fingerprint density at radius 3 is 2.72 bits per heavy atom. The van der Waals surface area contributed by atoms with E-state index < -0.39 is 10.0 Å². The Kier molecular flexibility index (Phi) is 5.50. The second-order valence-electron chi connectivity index (χ2n) is 7.59. The molecular weight excluding hydrogens is 398 g/mol. The molecule has 1 unspecified atom stereocenters. The highest BCUT2D eigenvalue weighted by Gasteiger charge is 2.36. The lowest BCUT2D eigenvalue weighted by Gasteiger charge is -2.36. The molecule has 0 aliphatic carbocycles. The summed E-state index contributed by atoms with van der Waals surface area (Å²) < 4.78 is 38.8. The first-order valence-electron chi connectivity index (χ1n) is 9.80. The average Bonchev–Trinajstić information content (AvgIpc) is 2.73. The molecule has 10 heteroatoms. The average molecular weight is 423 g/mol. The molecule has 3 aliphatic heterocycles. The van der Waals surface area contributed by atoms with Crippen molar-refractivity contribution in [2.24, 2.45) is 5.92 Å². The van der Waals surface area contributed by atoms with Gasteiger partial charge in [0.1, 0.15) is 5.75 Å². The maximum Gasteiger partial charge on any atom is 0.262 e. The van der Waals surface area contributed by atoms with Gasteiger partial charge in [-0.1, -0.05) is 0 Å². The highest BCUT2D eigenvalue weighted by Crippen LogP contribution is 2.35. The van der Waals surface area contributed by atoms with E-state index in [9.17, 15) is 18.0 Å². The summed E-state index contributed by atoms with van der Waals surface area (Å²) in [6.07, 6.45) is 1.32. The van der Waals surface area contributed by atoms with Crippen molar-refractivity contribution in [3.05, 3.63) is 17.7 Å². The Labute approximate surface area is 170 Å².